The van der Waals surface area contributed by atoms with Gasteiger partial charge in [0, 0.05) is 6.54 Å². The Morgan fingerprint density at radius 3 is 2.60 bits per heavy atom. The number of benzene rings is 1. The number of urea groups is 1. The van der Waals surface area contributed by atoms with E-state index in [0.717, 1.165) is 25.7 Å². The van der Waals surface area contributed by atoms with Crippen LogP contribution in [0.2, 0.25) is 0 Å². The maximum absolute atomic E-state index is 11.6. The summed E-state index contributed by atoms with van der Waals surface area (Å²) in [5.74, 6) is -1.69. The second kappa shape index (κ2) is 8.04. The molecular formula is C14H20N2O4. The van der Waals surface area contributed by atoms with Crippen LogP contribution >= 0.6 is 0 Å². The number of aromatic hydroxyl groups is 1. The zero-order valence-corrected chi connectivity index (χ0v) is 11.5. The highest BCUT2D eigenvalue weighted by molar-refractivity contribution is 5.97. The lowest BCUT2D eigenvalue weighted by Gasteiger charge is -2.10. The van der Waals surface area contributed by atoms with Crippen molar-refractivity contribution in [2.75, 3.05) is 11.9 Å². The van der Waals surface area contributed by atoms with Crippen LogP contribution in [0.15, 0.2) is 18.2 Å². The van der Waals surface area contributed by atoms with E-state index in [1.165, 1.54) is 18.2 Å². The van der Waals surface area contributed by atoms with Crippen LogP contribution in [-0.4, -0.2) is 28.8 Å². The fourth-order valence-corrected chi connectivity index (χ4v) is 1.74. The maximum Gasteiger partial charge on any atom is 0.339 e. The van der Waals surface area contributed by atoms with Gasteiger partial charge in [-0.2, -0.15) is 0 Å². The molecule has 0 aliphatic rings. The normalized spacial score (nSPS) is 10.1. The van der Waals surface area contributed by atoms with Crippen LogP contribution in [0.25, 0.3) is 0 Å². The molecule has 0 unspecified atom stereocenters. The lowest BCUT2D eigenvalue weighted by Crippen LogP contribution is -2.29. The SMILES string of the molecule is CCCCCCNC(=O)Nc1cccc(C(=O)O)c1O. The summed E-state index contributed by atoms with van der Waals surface area (Å²) in [5.41, 5.74) is -0.165. The van der Waals surface area contributed by atoms with E-state index < -0.39 is 17.7 Å². The third-order valence-electron chi connectivity index (χ3n) is 2.83. The highest BCUT2D eigenvalue weighted by Gasteiger charge is 2.14. The molecule has 1 rings (SSSR count). The number of hydrogen-bond donors (Lipinski definition) is 4. The third-order valence-corrected chi connectivity index (χ3v) is 2.83. The molecule has 1 aromatic carbocycles. The second-order valence-corrected chi connectivity index (χ2v) is 4.45. The number of phenols is 1. The fourth-order valence-electron chi connectivity index (χ4n) is 1.74. The number of nitrogens with one attached hydrogen (secondary N) is 2. The first-order valence-corrected chi connectivity index (χ1v) is 6.66. The van der Waals surface area contributed by atoms with E-state index in [1.807, 2.05) is 0 Å². The number of aromatic carboxylic acids is 1. The first-order valence-electron chi connectivity index (χ1n) is 6.66. The predicted octanol–water partition coefficient (Wildman–Crippen LogP) is 2.79. The number of unbranched alkanes of at least 4 members (excludes halogenated alkanes) is 3. The van der Waals surface area contributed by atoms with Gasteiger partial charge in [0.05, 0.1) is 5.69 Å². The van der Waals surface area contributed by atoms with Gasteiger partial charge in [-0.1, -0.05) is 32.3 Å². The molecule has 20 heavy (non-hydrogen) atoms. The molecule has 4 N–H and O–H groups in total. The monoisotopic (exact) mass is 280 g/mol. The summed E-state index contributed by atoms with van der Waals surface area (Å²) < 4.78 is 0. The molecule has 1 aromatic rings. The van der Waals surface area contributed by atoms with Gasteiger partial charge in [-0.15, -0.1) is 0 Å². The Hall–Kier alpha value is -2.24. The molecule has 6 heteroatoms. The highest BCUT2D eigenvalue weighted by atomic mass is 16.4. The first kappa shape index (κ1) is 15.8. The van der Waals surface area contributed by atoms with Crippen molar-refractivity contribution in [2.45, 2.75) is 32.6 Å². The zero-order chi connectivity index (χ0) is 15.0. The minimum Gasteiger partial charge on any atom is -0.505 e. The molecule has 6 nitrogen and oxygen atoms in total. The standard InChI is InChI=1S/C14H20N2O4/c1-2-3-4-5-9-15-14(20)16-11-8-6-7-10(12(11)17)13(18)19/h6-8,17H,2-5,9H2,1H3,(H,18,19)(H2,15,16,20). The molecule has 110 valence electrons. The maximum atomic E-state index is 11.6. The minimum absolute atomic E-state index is 0.0796. The van der Waals surface area contributed by atoms with Crippen LogP contribution in [0.3, 0.4) is 0 Å². The molecule has 2 amide bonds. The van der Waals surface area contributed by atoms with Crippen molar-refractivity contribution in [2.24, 2.45) is 0 Å². The predicted molar refractivity (Wildman–Crippen MR) is 76.2 cm³/mol. The summed E-state index contributed by atoms with van der Waals surface area (Å²) >= 11 is 0. The van der Waals surface area contributed by atoms with E-state index in [0.29, 0.717) is 6.54 Å². The number of para-hydroxylation sites is 1. The molecule has 0 spiro atoms. The van der Waals surface area contributed by atoms with E-state index in [2.05, 4.69) is 17.6 Å². The smallest absolute Gasteiger partial charge is 0.339 e. The van der Waals surface area contributed by atoms with Gasteiger partial charge >= 0.3 is 12.0 Å². The number of carbonyl (C=O) groups excluding carboxylic acids is 1. The van der Waals surface area contributed by atoms with Crippen molar-refractivity contribution < 1.29 is 19.8 Å². The molecule has 0 saturated heterocycles. The van der Waals surface area contributed by atoms with Gasteiger partial charge in [-0.05, 0) is 18.6 Å². The Labute approximate surface area is 117 Å². The lowest BCUT2D eigenvalue weighted by atomic mass is 10.1. The summed E-state index contributed by atoms with van der Waals surface area (Å²) in [6, 6.07) is 3.71. The molecule has 0 heterocycles. The molecule has 0 aromatic heterocycles. The summed E-state index contributed by atoms with van der Waals surface area (Å²) in [7, 11) is 0. The molecule has 0 aliphatic carbocycles. The average molecular weight is 280 g/mol. The summed E-state index contributed by atoms with van der Waals surface area (Å²) in [6.45, 7) is 2.66. The summed E-state index contributed by atoms with van der Waals surface area (Å²) in [4.78, 5) is 22.4. The molecule has 0 saturated carbocycles. The molecular weight excluding hydrogens is 260 g/mol. The van der Waals surface area contributed by atoms with Crippen LogP contribution in [0, 0.1) is 0 Å². The topological polar surface area (TPSA) is 98.7 Å². The Bertz CT molecular complexity index is 474. The van der Waals surface area contributed by atoms with Crippen molar-refractivity contribution in [3.05, 3.63) is 23.8 Å². The van der Waals surface area contributed by atoms with Gasteiger partial charge in [0.15, 0.2) is 5.75 Å². The number of anilines is 1. The van der Waals surface area contributed by atoms with Gasteiger partial charge in [-0.25, -0.2) is 9.59 Å². The Balaban J connectivity index is 2.50. The quantitative estimate of drug-likeness (QED) is 0.456. The molecule has 0 bridgehead atoms. The van der Waals surface area contributed by atoms with E-state index >= 15 is 0 Å². The van der Waals surface area contributed by atoms with Crippen LogP contribution in [0.4, 0.5) is 10.5 Å². The number of carboxylic acids is 1. The lowest BCUT2D eigenvalue weighted by molar-refractivity contribution is 0.0693. The Morgan fingerprint density at radius 1 is 1.20 bits per heavy atom. The van der Waals surface area contributed by atoms with Crippen LogP contribution in [0.1, 0.15) is 43.0 Å². The van der Waals surface area contributed by atoms with E-state index in [4.69, 9.17) is 5.11 Å². The fraction of sp³-hybridized carbons (Fsp3) is 0.429. The number of hydrogen-bond acceptors (Lipinski definition) is 3. The largest absolute Gasteiger partial charge is 0.505 e. The molecule has 0 fully saturated rings. The van der Waals surface area contributed by atoms with Crippen LogP contribution in [0.5, 0.6) is 5.75 Å². The summed E-state index contributed by atoms with van der Waals surface area (Å²) in [6.07, 6.45) is 4.20. The number of carbonyl (C=O) groups is 2. The minimum atomic E-state index is -1.24. The van der Waals surface area contributed by atoms with E-state index in [-0.39, 0.29) is 11.3 Å². The molecule has 0 atom stereocenters. The number of rotatable bonds is 7. The third kappa shape index (κ3) is 4.79. The van der Waals surface area contributed by atoms with Crippen molar-refractivity contribution >= 4 is 17.7 Å². The Morgan fingerprint density at radius 2 is 1.95 bits per heavy atom. The summed E-state index contributed by atoms with van der Waals surface area (Å²) in [5, 5.41) is 23.7. The highest BCUT2D eigenvalue weighted by Crippen LogP contribution is 2.27. The van der Waals surface area contributed by atoms with Crippen molar-refractivity contribution in [1.82, 2.24) is 5.32 Å². The number of amides is 2. The van der Waals surface area contributed by atoms with Gasteiger partial charge in [0.2, 0.25) is 0 Å². The van der Waals surface area contributed by atoms with Gasteiger partial charge in [0.1, 0.15) is 5.56 Å². The Kier molecular flexibility index (Phi) is 6.36. The number of carboxylic acid groups (broad SMARTS) is 1. The molecule has 0 radical (unpaired) electrons. The van der Waals surface area contributed by atoms with Crippen molar-refractivity contribution in [3.63, 3.8) is 0 Å². The van der Waals surface area contributed by atoms with E-state index in [9.17, 15) is 14.7 Å². The average Bonchev–Trinajstić information content (AvgIpc) is 2.40. The van der Waals surface area contributed by atoms with E-state index in [1.54, 1.807) is 0 Å². The van der Waals surface area contributed by atoms with Crippen molar-refractivity contribution in [3.8, 4) is 5.75 Å². The first-order chi connectivity index (χ1) is 9.56. The van der Waals surface area contributed by atoms with Gasteiger partial charge in [0.25, 0.3) is 0 Å². The van der Waals surface area contributed by atoms with Crippen LogP contribution < -0.4 is 10.6 Å². The van der Waals surface area contributed by atoms with Gasteiger partial charge < -0.3 is 20.8 Å². The second-order valence-electron chi connectivity index (χ2n) is 4.45. The molecule has 0 aliphatic heterocycles. The van der Waals surface area contributed by atoms with Crippen molar-refractivity contribution in [1.29, 1.82) is 0 Å². The van der Waals surface area contributed by atoms with Gasteiger partial charge in [-0.3, -0.25) is 0 Å². The zero-order valence-electron chi connectivity index (χ0n) is 11.5. The van der Waals surface area contributed by atoms with Crippen LogP contribution in [-0.2, 0) is 0 Å².